The minimum Gasteiger partial charge on any atom is -0.394 e. The Labute approximate surface area is 105 Å². The van der Waals surface area contributed by atoms with Crippen molar-refractivity contribution in [3.63, 3.8) is 0 Å². The van der Waals surface area contributed by atoms with Crippen molar-refractivity contribution < 1.29 is 10.2 Å². The van der Waals surface area contributed by atoms with E-state index in [-0.39, 0.29) is 6.61 Å². The molecule has 1 aliphatic rings. The van der Waals surface area contributed by atoms with Gasteiger partial charge in [0.05, 0.1) is 12.7 Å². The van der Waals surface area contributed by atoms with Crippen molar-refractivity contribution in [1.82, 2.24) is 10.2 Å². The van der Waals surface area contributed by atoms with E-state index in [1.165, 1.54) is 19.3 Å². The Balaban J connectivity index is 2.46. The molecule has 3 unspecified atom stereocenters. The summed E-state index contributed by atoms with van der Waals surface area (Å²) >= 11 is 0. The number of rotatable bonds is 7. The third kappa shape index (κ3) is 4.92. The van der Waals surface area contributed by atoms with E-state index in [9.17, 15) is 5.11 Å². The number of likely N-dealkylation sites (tertiary alicyclic amines) is 1. The van der Waals surface area contributed by atoms with E-state index in [0.29, 0.717) is 18.6 Å². The number of hydrogen-bond donors (Lipinski definition) is 3. The van der Waals surface area contributed by atoms with Crippen LogP contribution in [-0.4, -0.2) is 59.5 Å². The first-order chi connectivity index (χ1) is 8.19. The molecule has 0 aromatic carbocycles. The molecule has 3 atom stereocenters. The zero-order valence-corrected chi connectivity index (χ0v) is 11.2. The zero-order valence-electron chi connectivity index (χ0n) is 11.2. The highest BCUT2D eigenvalue weighted by molar-refractivity contribution is 4.86. The average molecular weight is 244 g/mol. The molecule has 0 saturated carbocycles. The number of β-amino-alcohol motifs (C(OH)–C–C–N with tert-alkyl or cyclic N) is 1. The lowest BCUT2D eigenvalue weighted by Gasteiger charge is -2.40. The summed E-state index contributed by atoms with van der Waals surface area (Å²) in [5.74, 6) is 0. The highest BCUT2D eigenvalue weighted by atomic mass is 16.3. The Morgan fingerprint density at radius 3 is 2.82 bits per heavy atom. The molecule has 102 valence electrons. The summed E-state index contributed by atoms with van der Waals surface area (Å²) in [4.78, 5) is 2.33. The molecule has 17 heavy (non-hydrogen) atoms. The maximum absolute atomic E-state index is 9.57. The van der Waals surface area contributed by atoms with Crippen molar-refractivity contribution in [2.45, 2.75) is 57.7 Å². The topological polar surface area (TPSA) is 55.7 Å². The van der Waals surface area contributed by atoms with Gasteiger partial charge in [0.1, 0.15) is 0 Å². The van der Waals surface area contributed by atoms with Gasteiger partial charge in [0.2, 0.25) is 0 Å². The largest absolute Gasteiger partial charge is 0.394 e. The van der Waals surface area contributed by atoms with Crippen molar-refractivity contribution in [2.24, 2.45) is 0 Å². The molecule has 1 rings (SSSR count). The highest BCUT2D eigenvalue weighted by Crippen LogP contribution is 2.20. The number of piperidine rings is 1. The fraction of sp³-hybridized carbons (Fsp3) is 1.00. The molecule has 0 amide bonds. The summed E-state index contributed by atoms with van der Waals surface area (Å²) in [5, 5.41) is 22.1. The van der Waals surface area contributed by atoms with Crippen molar-refractivity contribution >= 4 is 0 Å². The Morgan fingerprint density at radius 2 is 2.18 bits per heavy atom. The fourth-order valence-electron chi connectivity index (χ4n) is 2.65. The van der Waals surface area contributed by atoms with Crippen molar-refractivity contribution in [1.29, 1.82) is 0 Å². The van der Waals surface area contributed by atoms with Crippen LogP contribution < -0.4 is 5.32 Å². The lowest BCUT2D eigenvalue weighted by Crippen LogP contribution is -2.53. The molecule has 0 radical (unpaired) electrons. The molecular weight excluding hydrogens is 216 g/mol. The van der Waals surface area contributed by atoms with E-state index in [2.05, 4.69) is 24.1 Å². The van der Waals surface area contributed by atoms with E-state index in [4.69, 9.17) is 5.11 Å². The summed E-state index contributed by atoms with van der Waals surface area (Å²) in [7, 11) is 0. The van der Waals surface area contributed by atoms with Gasteiger partial charge in [-0.05, 0) is 39.3 Å². The molecule has 4 heteroatoms. The van der Waals surface area contributed by atoms with Crippen LogP contribution in [0.3, 0.4) is 0 Å². The van der Waals surface area contributed by atoms with Crippen LogP contribution in [0.25, 0.3) is 0 Å². The first kappa shape index (κ1) is 14.9. The average Bonchev–Trinajstić information content (AvgIpc) is 2.36. The van der Waals surface area contributed by atoms with Gasteiger partial charge in [0.25, 0.3) is 0 Å². The first-order valence-electron chi connectivity index (χ1n) is 6.95. The van der Waals surface area contributed by atoms with Crippen LogP contribution in [0.2, 0.25) is 0 Å². The maximum Gasteiger partial charge on any atom is 0.0897 e. The maximum atomic E-state index is 9.57. The second kappa shape index (κ2) is 8.03. The molecule has 0 aliphatic carbocycles. The van der Waals surface area contributed by atoms with Gasteiger partial charge in [0.15, 0.2) is 0 Å². The molecule has 4 nitrogen and oxygen atoms in total. The third-order valence-corrected chi connectivity index (χ3v) is 3.61. The summed E-state index contributed by atoms with van der Waals surface area (Å²) in [6, 6.07) is 0.956. The Hall–Kier alpha value is -0.160. The van der Waals surface area contributed by atoms with Crippen molar-refractivity contribution in [3.05, 3.63) is 0 Å². The molecule has 0 aromatic rings. The molecule has 1 fully saturated rings. The van der Waals surface area contributed by atoms with Crippen LogP contribution in [0, 0.1) is 0 Å². The van der Waals surface area contributed by atoms with Crippen LogP contribution >= 0.6 is 0 Å². The van der Waals surface area contributed by atoms with E-state index in [1.807, 2.05) is 0 Å². The van der Waals surface area contributed by atoms with E-state index < -0.39 is 6.10 Å². The molecule has 0 bridgehead atoms. The Bertz CT molecular complexity index is 202. The summed E-state index contributed by atoms with van der Waals surface area (Å²) in [6.45, 7) is 6.95. The molecule has 0 aromatic heterocycles. The molecule has 1 saturated heterocycles. The number of hydrogen-bond acceptors (Lipinski definition) is 4. The number of aliphatic hydroxyl groups excluding tert-OH is 2. The molecule has 3 N–H and O–H groups in total. The Morgan fingerprint density at radius 1 is 1.41 bits per heavy atom. The predicted molar refractivity (Wildman–Crippen MR) is 70.1 cm³/mol. The van der Waals surface area contributed by atoms with Gasteiger partial charge in [-0.15, -0.1) is 0 Å². The fourth-order valence-corrected chi connectivity index (χ4v) is 2.65. The quantitative estimate of drug-likeness (QED) is 0.613. The number of aliphatic hydroxyl groups is 2. The summed E-state index contributed by atoms with van der Waals surface area (Å²) < 4.78 is 0. The normalized spacial score (nSPS) is 25.8. The second-order valence-electron chi connectivity index (χ2n) is 5.14. The van der Waals surface area contributed by atoms with Crippen LogP contribution in [0.4, 0.5) is 0 Å². The summed E-state index contributed by atoms with van der Waals surface area (Å²) in [6.07, 6.45) is 4.21. The van der Waals surface area contributed by atoms with Crippen LogP contribution in [0.1, 0.15) is 39.5 Å². The van der Waals surface area contributed by atoms with Crippen LogP contribution in [0.5, 0.6) is 0 Å². The zero-order chi connectivity index (χ0) is 12.7. The van der Waals surface area contributed by atoms with Gasteiger partial charge in [-0.2, -0.15) is 0 Å². The van der Waals surface area contributed by atoms with Gasteiger partial charge < -0.3 is 15.5 Å². The van der Waals surface area contributed by atoms with E-state index >= 15 is 0 Å². The van der Waals surface area contributed by atoms with E-state index in [0.717, 1.165) is 19.5 Å². The van der Waals surface area contributed by atoms with Crippen molar-refractivity contribution in [2.75, 3.05) is 26.2 Å². The van der Waals surface area contributed by atoms with Gasteiger partial charge in [-0.3, -0.25) is 4.90 Å². The first-order valence-corrected chi connectivity index (χ1v) is 6.95. The van der Waals surface area contributed by atoms with Gasteiger partial charge in [0, 0.05) is 18.6 Å². The van der Waals surface area contributed by atoms with Gasteiger partial charge >= 0.3 is 0 Å². The number of nitrogens with one attached hydrogen (secondary N) is 1. The standard InChI is InChI=1S/C13H28N2O2/c1-3-7-14-11(2)13-6-4-5-8-15(13)9-12(17)10-16/h11-14,16-17H,3-10H2,1-2H3. The van der Waals surface area contributed by atoms with Crippen LogP contribution in [-0.2, 0) is 0 Å². The van der Waals surface area contributed by atoms with Crippen LogP contribution in [0.15, 0.2) is 0 Å². The highest BCUT2D eigenvalue weighted by Gasteiger charge is 2.27. The van der Waals surface area contributed by atoms with Gasteiger partial charge in [-0.25, -0.2) is 0 Å². The second-order valence-corrected chi connectivity index (χ2v) is 5.14. The predicted octanol–water partition coefficient (Wildman–Crippen LogP) is 0.582. The molecular formula is C13H28N2O2. The summed E-state index contributed by atoms with van der Waals surface area (Å²) in [5.41, 5.74) is 0. The molecule has 0 spiro atoms. The lowest BCUT2D eigenvalue weighted by molar-refractivity contribution is 0.0255. The molecule has 1 heterocycles. The Kier molecular flexibility index (Phi) is 7.04. The number of nitrogens with zero attached hydrogens (tertiary/aromatic N) is 1. The SMILES string of the molecule is CCCNC(C)C1CCCCN1CC(O)CO. The lowest BCUT2D eigenvalue weighted by atomic mass is 9.96. The minimum atomic E-state index is -0.603. The third-order valence-electron chi connectivity index (χ3n) is 3.61. The van der Waals surface area contributed by atoms with Gasteiger partial charge in [-0.1, -0.05) is 13.3 Å². The monoisotopic (exact) mass is 244 g/mol. The molecule has 1 aliphatic heterocycles. The smallest absolute Gasteiger partial charge is 0.0897 e. The minimum absolute atomic E-state index is 0.139. The van der Waals surface area contributed by atoms with Crippen molar-refractivity contribution in [3.8, 4) is 0 Å². The van der Waals surface area contributed by atoms with E-state index in [1.54, 1.807) is 0 Å².